The van der Waals surface area contributed by atoms with E-state index in [2.05, 4.69) is 15.3 Å². The Hall–Kier alpha value is -5.62. The molecule has 3 heterocycles. The van der Waals surface area contributed by atoms with Gasteiger partial charge in [-0.05, 0) is 59.2 Å². The van der Waals surface area contributed by atoms with E-state index in [4.69, 9.17) is 18.9 Å². The van der Waals surface area contributed by atoms with E-state index in [0.717, 1.165) is 16.7 Å². The van der Waals surface area contributed by atoms with E-state index in [9.17, 15) is 9.90 Å². The largest absolute Gasteiger partial charge is 0.497 e. The van der Waals surface area contributed by atoms with Crippen LogP contribution in [0.5, 0.6) is 11.5 Å². The number of carbonyl (C=O) groups is 1. The van der Waals surface area contributed by atoms with Crippen molar-refractivity contribution < 1.29 is 33.2 Å². The fourth-order valence-electron chi connectivity index (χ4n) is 6.40. The Labute approximate surface area is 288 Å². The van der Waals surface area contributed by atoms with Crippen molar-refractivity contribution in [3.63, 3.8) is 0 Å². The van der Waals surface area contributed by atoms with Crippen LogP contribution in [-0.2, 0) is 15.1 Å². The number of methoxy groups -OCH3 is 2. The predicted octanol–water partition coefficient (Wildman–Crippen LogP) is 6.31. The molecule has 1 amide bonds. The number of nitrogens with zero attached hydrogens (tertiary/aromatic N) is 3. The van der Waals surface area contributed by atoms with E-state index >= 15 is 4.39 Å². The number of fused-ring (bicyclic) bond motifs is 1. The first-order chi connectivity index (χ1) is 24.4. The van der Waals surface area contributed by atoms with Gasteiger partial charge < -0.3 is 33.9 Å². The maximum atomic E-state index is 16.1. The Morgan fingerprint density at radius 1 is 0.840 bits per heavy atom. The van der Waals surface area contributed by atoms with E-state index in [1.54, 1.807) is 55.3 Å². The summed E-state index contributed by atoms with van der Waals surface area (Å²) in [6, 6.07) is 35.1. The fraction of sp³-hybridized carbons (Fsp3) is 0.205. The molecule has 1 aliphatic rings. The van der Waals surface area contributed by atoms with E-state index in [1.165, 1.54) is 6.33 Å². The predicted molar refractivity (Wildman–Crippen MR) is 185 cm³/mol. The van der Waals surface area contributed by atoms with Gasteiger partial charge in [-0.15, -0.1) is 0 Å². The lowest BCUT2D eigenvalue weighted by molar-refractivity contribution is -0.0892. The van der Waals surface area contributed by atoms with Crippen LogP contribution in [0.3, 0.4) is 0 Å². The monoisotopic (exact) mass is 674 g/mol. The number of anilines is 1. The van der Waals surface area contributed by atoms with Crippen LogP contribution in [0.1, 0.15) is 33.3 Å². The Morgan fingerprint density at radius 3 is 2.02 bits per heavy atom. The highest BCUT2D eigenvalue weighted by molar-refractivity contribution is 6.07. The quantitative estimate of drug-likeness (QED) is 0.154. The van der Waals surface area contributed by atoms with Crippen molar-refractivity contribution >= 4 is 22.8 Å². The van der Waals surface area contributed by atoms with Crippen LogP contribution in [0.2, 0.25) is 0 Å². The highest BCUT2D eigenvalue weighted by Crippen LogP contribution is 2.43. The van der Waals surface area contributed by atoms with Crippen LogP contribution in [-0.4, -0.2) is 64.8 Å². The van der Waals surface area contributed by atoms with Crippen molar-refractivity contribution in [3.8, 4) is 11.5 Å². The fourth-order valence-corrected chi connectivity index (χ4v) is 6.40. The van der Waals surface area contributed by atoms with Gasteiger partial charge in [-0.1, -0.05) is 72.8 Å². The van der Waals surface area contributed by atoms with Crippen molar-refractivity contribution in [2.75, 3.05) is 26.1 Å². The molecule has 11 heteroatoms. The number of nitrogens with one attached hydrogen (secondary N) is 1. The highest BCUT2D eigenvalue weighted by atomic mass is 19.1. The molecule has 254 valence electrons. The topological polar surface area (TPSA) is 117 Å². The number of hydrogen-bond donors (Lipinski definition) is 2. The summed E-state index contributed by atoms with van der Waals surface area (Å²) in [4.78, 5) is 21.5. The average molecular weight is 675 g/mol. The van der Waals surface area contributed by atoms with Gasteiger partial charge >= 0.3 is 0 Å². The number of halogens is 1. The summed E-state index contributed by atoms with van der Waals surface area (Å²) < 4.78 is 41.5. The normalized spacial score (nSPS) is 19.0. The molecule has 4 atom stereocenters. The number of carbonyl (C=O) groups excluding carboxylic acids is 1. The summed E-state index contributed by atoms with van der Waals surface area (Å²) in [7, 11) is 3.20. The Morgan fingerprint density at radius 2 is 1.42 bits per heavy atom. The third kappa shape index (κ3) is 6.07. The number of amides is 1. The van der Waals surface area contributed by atoms with E-state index < -0.39 is 30.2 Å². The van der Waals surface area contributed by atoms with Crippen LogP contribution >= 0.6 is 0 Å². The van der Waals surface area contributed by atoms with Crippen molar-refractivity contribution in [3.05, 3.63) is 150 Å². The van der Waals surface area contributed by atoms with Crippen LogP contribution in [0.15, 0.2) is 128 Å². The molecule has 50 heavy (non-hydrogen) atoms. The van der Waals surface area contributed by atoms with Crippen molar-refractivity contribution in [2.24, 2.45) is 0 Å². The number of aliphatic hydroxyl groups is 1. The molecule has 0 spiro atoms. The lowest BCUT2D eigenvalue weighted by atomic mass is 9.80. The zero-order chi connectivity index (χ0) is 34.7. The molecule has 1 saturated heterocycles. The van der Waals surface area contributed by atoms with E-state index in [0.29, 0.717) is 28.1 Å². The second-order valence-electron chi connectivity index (χ2n) is 11.8. The zero-order valence-electron chi connectivity index (χ0n) is 27.3. The SMILES string of the molecule is COc1ccc(C(OC[C@H]2O[C@@H](n3ccc4c(NC(=O)c5ccccc5)ncnc43)[C@H](O)C2F)(c2ccccc2)c2ccc(OC)cc2)cc1. The highest BCUT2D eigenvalue weighted by Gasteiger charge is 2.48. The summed E-state index contributed by atoms with van der Waals surface area (Å²) in [5, 5.41) is 14.5. The van der Waals surface area contributed by atoms with Crippen molar-refractivity contribution in [2.45, 2.75) is 30.2 Å². The summed E-state index contributed by atoms with van der Waals surface area (Å²) in [6.45, 7) is -0.214. The summed E-state index contributed by atoms with van der Waals surface area (Å²) in [6.07, 6.45) is -2.68. The Kier molecular flexibility index (Phi) is 9.27. The minimum atomic E-state index is -1.79. The molecule has 0 aliphatic carbocycles. The second-order valence-corrected chi connectivity index (χ2v) is 11.8. The van der Waals surface area contributed by atoms with Crippen LogP contribution in [0.4, 0.5) is 10.2 Å². The van der Waals surface area contributed by atoms with Gasteiger partial charge in [0, 0.05) is 11.8 Å². The number of hydrogen-bond acceptors (Lipinski definition) is 8. The zero-order valence-corrected chi connectivity index (χ0v) is 27.3. The molecule has 2 N–H and O–H groups in total. The number of ether oxygens (including phenoxy) is 4. The standard InChI is InChI=1S/C39H35FN4O6/c1-47-29-17-13-27(14-18-29)39(26-11-7-4-8-12-26,28-15-19-30(48-2)20-16-28)49-23-32-33(40)34(45)38(50-32)44-22-21-31-35(41-24-42-36(31)44)43-37(46)25-9-5-3-6-10-25/h3-22,24,32-34,38,45H,23H2,1-2H3,(H,41,42,43,46)/t32-,33?,34-,38-/m1/s1. The Bertz CT molecular complexity index is 2010. The van der Waals surface area contributed by atoms with Crippen LogP contribution < -0.4 is 14.8 Å². The molecule has 4 aromatic carbocycles. The minimum absolute atomic E-state index is 0.214. The first-order valence-corrected chi connectivity index (χ1v) is 16.1. The molecular formula is C39H35FN4O6. The van der Waals surface area contributed by atoms with Crippen LogP contribution in [0.25, 0.3) is 11.0 Å². The summed E-state index contributed by atoms with van der Waals surface area (Å²) in [5.74, 6) is 1.28. The van der Waals surface area contributed by atoms with Crippen molar-refractivity contribution in [1.82, 2.24) is 14.5 Å². The first-order valence-electron chi connectivity index (χ1n) is 16.1. The molecule has 2 aromatic heterocycles. The third-order valence-corrected chi connectivity index (χ3v) is 8.98. The van der Waals surface area contributed by atoms with Crippen LogP contribution in [0, 0.1) is 0 Å². The summed E-state index contributed by atoms with van der Waals surface area (Å²) >= 11 is 0. The van der Waals surface area contributed by atoms with Gasteiger partial charge in [-0.25, -0.2) is 14.4 Å². The number of aromatic nitrogens is 3. The average Bonchev–Trinajstić information content (AvgIpc) is 3.73. The molecule has 1 aliphatic heterocycles. The summed E-state index contributed by atoms with van der Waals surface area (Å²) in [5.41, 5.74) is 1.98. The Balaban J connectivity index is 1.20. The van der Waals surface area contributed by atoms with Crippen molar-refractivity contribution in [1.29, 1.82) is 0 Å². The molecule has 0 saturated carbocycles. The maximum absolute atomic E-state index is 16.1. The van der Waals surface area contributed by atoms with Gasteiger partial charge in [0.2, 0.25) is 0 Å². The van der Waals surface area contributed by atoms with Gasteiger partial charge in [0.05, 0.1) is 26.2 Å². The number of rotatable bonds is 11. The smallest absolute Gasteiger partial charge is 0.256 e. The molecule has 6 aromatic rings. The first kappa shape index (κ1) is 32.9. The molecule has 1 fully saturated rings. The molecule has 1 unspecified atom stereocenters. The second kappa shape index (κ2) is 14.1. The number of benzene rings is 4. The molecular weight excluding hydrogens is 639 g/mol. The van der Waals surface area contributed by atoms with Gasteiger partial charge in [0.1, 0.15) is 47.1 Å². The molecule has 0 bridgehead atoms. The molecule has 10 nitrogen and oxygen atoms in total. The number of aliphatic hydroxyl groups excluding tert-OH is 1. The van der Waals surface area contributed by atoms with Gasteiger partial charge in [-0.2, -0.15) is 0 Å². The van der Waals surface area contributed by atoms with E-state index in [-0.39, 0.29) is 18.3 Å². The lowest BCUT2D eigenvalue weighted by Crippen LogP contribution is -2.38. The van der Waals surface area contributed by atoms with E-state index in [1.807, 2.05) is 84.9 Å². The molecule has 7 rings (SSSR count). The minimum Gasteiger partial charge on any atom is -0.497 e. The van der Waals surface area contributed by atoms with Gasteiger partial charge in [0.15, 0.2) is 12.4 Å². The van der Waals surface area contributed by atoms with Gasteiger partial charge in [-0.3, -0.25) is 4.79 Å². The lowest BCUT2D eigenvalue weighted by Gasteiger charge is -2.37. The van der Waals surface area contributed by atoms with Gasteiger partial charge in [0.25, 0.3) is 5.91 Å². The third-order valence-electron chi connectivity index (χ3n) is 8.98. The molecule has 0 radical (unpaired) electrons. The number of alkyl halides is 1. The maximum Gasteiger partial charge on any atom is 0.256 e.